The summed E-state index contributed by atoms with van der Waals surface area (Å²) in [5, 5.41) is 0.0737. The number of rotatable bonds is 1. The van der Waals surface area contributed by atoms with Crippen LogP contribution in [0.2, 0.25) is 5.02 Å². The van der Waals surface area contributed by atoms with Crippen molar-refractivity contribution in [2.75, 3.05) is 37.3 Å². The van der Waals surface area contributed by atoms with Crippen LogP contribution in [-0.2, 0) is 0 Å². The van der Waals surface area contributed by atoms with Crippen LogP contribution in [0.4, 0.5) is 15.8 Å². The van der Waals surface area contributed by atoms with E-state index >= 15 is 0 Å². The molecule has 100 valence electrons. The molecule has 1 aromatic carbocycles. The fourth-order valence-electron chi connectivity index (χ4n) is 2.27. The summed E-state index contributed by atoms with van der Waals surface area (Å²) in [6.45, 7) is 6.92. The molecule has 3 nitrogen and oxygen atoms in total. The van der Waals surface area contributed by atoms with Crippen LogP contribution in [0.25, 0.3) is 0 Å². The van der Waals surface area contributed by atoms with Gasteiger partial charge in [0.1, 0.15) is 5.82 Å². The van der Waals surface area contributed by atoms with Crippen LogP contribution in [0.15, 0.2) is 12.1 Å². The first kappa shape index (κ1) is 13.4. The number of nitrogen functional groups attached to an aromatic ring is 1. The summed E-state index contributed by atoms with van der Waals surface area (Å²) in [5.41, 5.74) is 7.24. The van der Waals surface area contributed by atoms with Crippen LogP contribution in [0.1, 0.15) is 13.8 Å². The molecule has 0 unspecified atom stereocenters. The lowest BCUT2D eigenvalue weighted by atomic mass is 9.99. The van der Waals surface area contributed by atoms with E-state index < -0.39 is 5.82 Å². The van der Waals surface area contributed by atoms with Crippen molar-refractivity contribution < 1.29 is 4.39 Å². The smallest absolute Gasteiger partial charge is 0.144 e. The Morgan fingerprint density at radius 1 is 1.33 bits per heavy atom. The maximum absolute atomic E-state index is 13.6. The van der Waals surface area contributed by atoms with Crippen molar-refractivity contribution in [3.63, 3.8) is 0 Å². The number of hydrogen-bond acceptors (Lipinski definition) is 3. The minimum atomic E-state index is -0.419. The molecule has 0 atom stereocenters. The number of nitrogens with two attached hydrogens (primary N) is 1. The maximum atomic E-state index is 13.6. The highest BCUT2D eigenvalue weighted by atomic mass is 35.5. The minimum Gasteiger partial charge on any atom is -0.397 e. The Kier molecular flexibility index (Phi) is 3.43. The van der Waals surface area contributed by atoms with Crippen LogP contribution < -0.4 is 10.6 Å². The Morgan fingerprint density at radius 2 is 2.00 bits per heavy atom. The van der Waals surface area contributed by atoms with Gasteiger partial charge >= 0.3 is 0 Å². The van der Waals surface area contributed by atoms with Gasteiger partial charge in [0.25, 0.3) is 0 Å². The SMILES string of the molecule is CN1CCN(c2cc(F)c(Cl)cc2N)CC1(C)C. The van der Waals surface area contributed by atoms with Gasteiger partial charge in [-0.3, -0.25) is 4.90 Å². The number of benzene rings is 1. The Bertz CT molecular complexity index is 462. The van der Waals surface area contributed by atoms with Crippen LogP contribution in [0, 0.1) is 5.82 Å². The van der Waals surface area contributed by atoms with E-state index in [4.69, 9.17) is 17.3 Å². The van der Waals surface area contributed by atoms with Gasteiger partial charge in [0, 0.05) is 31.2 Å². The number of nitrogens with zero attached hydrogens (tertiary/aromatic N) is 2. The number of likely N-dealkylation sites (N-methyl/N-ethyl adjacent to an activating group) is 1. The topological polar surface area (TPSA) is 32.5 Å². The summed E-state index contributed by atoms with van der Waals surface area (Å²) in [6.07, 6.45) is 0. The molecular formula is C13H19ClFN3. The van der Waals surface area contributed by atoms with Gasteiger partial charge in [-0.05, 0) is 27.0 Å². The van der Waals surface area contributed by atoms with Crippen molar-refractivity contribution in [2.24, 2.45) is 0 Å². The molecule has 5 heteroatoms. The Morgan fingerprint density at radius 3 is 2.61 bits per heavy atom. The van der Waals surface area contributed by atoms with Gasteiger partial charge < -0.3 is 10.6 Å². The zero-order valence-corrected chi connectivity index (χ0v) is 11.8. The third kappa shape index (κ3) is 2.40. The van der Waals surface area contributed by atoms with Crippen molar-refractivity contribution >= 4 is 23.0 Å². The van der Waals surface area contributed by atoms with Crippen molar-refractivity contribution in [2.45, 2.75) is 19.4 Å². The molecule has 2 rings (SSSR count). The maximum Gasteiger partial charge on any atom is 0.144 e. The number of hydrogen-bond donors (Lipinski definition) is 1. The van der Waals surface area contributed by atoms with Crippen molar-refractivity contribution in [1.82, 2.24) is 4.90 Å². The molecule has 0 radical (unpaired) electrons. The van der Waals surface area contributed by atoms with Gasteiger partial charge in [-0.1, -0.05) is 11.6 Å². The zero-order chi connectivity index (χ0) is 13.5. The van der Waals surface area contributed by atoms with Crippen molar-refractivity contribution in [3.05, 3.63) is 23.0 Å². The molecule has 1 aromatic rings. The lowest BCUT2D eigenvalue weighted by Crippen LogP contribution is -2.57. The summed E-state index contributed by atoms with van der Waals surface area (Å²) in [7, 11) is 2.10. The fourth-order valence-corrected chi connectivity index (χ4v) is 2.44. The summed E-state index contributed by atoms with van der Waals surface area (Å²) in [5.74, 6) is -0.419. The molecule has 18 heavy (non-hydrogen) atoms. The van der Waals surface area contributed by atoms with Crippen LogP contribution >= 0.6 is 11.6 Å². The molecular weight excluding hydrogens is 253 g/mol. The molecule has 0 aromatic heterocycles. The second kappa shape index (κ2) is 4.59. The van der Waals surface area contributed by atoms with Crippen molar-refractivity contribution in [1.29, 1.82) is 0 Å². The van der Waals surface area contributed by atoms with E-state index in [1.54, 1.807) is 0 Å². The highest BCUT2D eigenvalue weighted by Crippen LogP contribution is 2.32. The van der Waals surface area contributed by atoms with Gasteiger partial charge in [-0.2, -0.15) is 0 Å². The van der Waals surface area contributed by atoms with Gasteiger partial charge in [-0.15, -0.1) is 0 Å². The average Bonchev–Trinajstić information content (AvgIpc) is 2.27. The van der Waals surface area contributed by atoms with E-state index in [1.807, 2.05) is 0 Å². The predicted octanol–water partition coefficient (Wildman–Crippen LogP) is 2.59. The fraction of sp³-hybridized carbons (Fsp3) is 0.538. The monoisotopic (exact) mass is 271 g/mol. The zero-order valence-electron chi connectivity index (χ0n) is 11.0. The average molecular weight is 272 g/mol. The Labute approximate surface area is 112 Å². The Balaban J connectivity index is 2.30. The molecule has 1 aliphatic rings. The molecule has 0 bridgehead atoms. The van der Waals surface area contributed by atoms with E-state index in [0.29, 0.717) is 5.69 Å². The first-order chi connectivity index (χ1) is 8.31. The number of halogens is 2. The molecule has 1 saturated heterocycles. The molecule has 1 heterocycles. The second-order valence-corrected chi connectivity index (χ2v) is 5.89. The largest absolute Gasteiger partial charge is 0.397 e. The van der Waals surface area contributed by atoms with E-state index in [2.05, 4.69) is 30.7 Å². The molecule has 0 amide bonds. The first-order valence-corrected chi connectivity index (χ1v) is 6.40. The van der Waals surface area contributed by atoms with E-state index in [0.717, 1.165) is 25.3 Å². The highest BCUT2D eigenvalue weighted by molar-refractivity contribution is 6.31. The van der Waals surface area contributed by atoms with Gasteiger partial charge in [0.2, 0.25) is 0 Å². The standard InChI is InChI=1S/C13H19ClFN3/c1-13(2)8-18(5-4-17(13)3)12-7-10(15)9(14)6-11(12)16/h6-7H,4-5,8,16H2,1-3H3. The third-order valence-electron chi connectivity index (χ3n) is 3.73. The van der Waals surface area contributed by atoms with Crippen molar-refractivity contribution in [3.8, 4) is 0 Å². The van der Waals surface area contributed by atoms with Crippen LogP contribution in [-0.4, -0.2) is 37.1 Å². The molecule has 0 aliphatic carbocycles. The quantitative estimate of drug-likeness (QED) is 0.797. The Hall–Kier alpha value is -1.00. The second-order valence-electron chi connectivity index (χ2n) is 5.48. The summed E-state index contributed by atoms with van der Waals surface area (Å²) >= 11 is 5.72. The molecule has 0 spiro atoms. The van der Waals surface area contributed by atoms with Gasteiger partial charge in [0.05, 0.1) is 16.4 Å². The molecule has 0 saturated carbocycles. The van der Waals surface area contributed by atoms with Crippen LogP contribution in [0.3, 0.4) is 0 Å². The lowest BCUT2D eigenvalue weighted by Gasteiger charge is -2.46. The normalized spacial score (nSPS) is 20.2. The minimum absolute atomic E-state index is 0.0425. The number of piperazine rings is 1. The third-order valence-corrected chi connectivity index (χ3v) is 4.02. The van der Waals surface area contributed by atoms with Gasteiger partial charge in [-0.25, -0.2) is 4.39 Å². The number of anilines is 2. The van der Waals surface area contributed by atoms with E-state index in [-0.39, 0.29) is 10.6 Å². The molecule has 1 fully saturated rings. The highest BCUT2D eigenvalue weighted by Gasteiger charge is 2.31. The summed E-state index contributed by atoms with van der Waals surface area (Å²) in [4.78, 5) is 4.42. The summed E-state index contributed by atoms with van der Waals surface area (Å²) < 4.78 is 13.6. The first-order valence-electron chi connectivity index (χ1n) is 6.02. The lowest BCUT2D eigenvalue weighted by molar-refractivity contribution is 0.139. The van der Waals surface area contributed by atoms with E-state index in [1.165, 1.54) is 12.1 Å². The van der Waals surface area contributed by atoms with Crippen LogP contribution in [0.5, 0.6) is 0 Å². The molecule has 1 aliphatic heterocycles. The van der Waals surface area contributed by atoms with Gasteiger partial charge in [0.15, 0.2) is 0 Å². The predicted molar refractivity (Wildman–Crippen MR) is 74.7 cm³/mol. The molecule has 2 N–H and O–H groups in total. The van der Waals surface area contributed by atoms with E-state index in [9.17, 15) is 4.39 Å². The summed E-state index contributed by atoms with van der Waals surface area (Å²) in [6, 6.07) is 2.91.